The van der Waals surface area contributed by atoms with Gasteiger partial charge in [-0.1, -0.05) is 61.4 Å². The van der Waals surface area contributed by atoms with Crippen molar-refractivity contribution in [2.75, 3.05) is 16.9 Å². The van der Waals surface area contributed by atoms with Gasteiger partial charge in [-0.25, -0.2) is 4.79 Å². The maximum atomic E-state index is 14.0. The number of aliphatic hydroxyl groups is 1. The van der Waals surface area contributed by atoms with Crippen LogP contribution in [0.15, 0.2) is 72.8 Å². The average Bonchev–Trinajstić information content (AvgIpc) is 3.02. The number of urea groups is 1. The van der Waals surface area contributed by atoms with Crippen molar-refractivity contribution in [3.05, 3.63) is 89.5 Å². The summed E-state index contributed by atoms with van der Waals surface area (Å²) in [5, 5.41) is 12.4. The highest BCUT2D eigenvalue weighted by atomic mass is 16.5. The highest BCUT2D eigenvalue weighted by Crippen LogP contribution is 2.47. The molecule has 3 aromatic carbocycles. The summed E-state index contributed by atoms with van der Waals surface area (Å²) < 4.78 is 5.29. The maximum Gasteiger partial charge on any atom is 0.332 e. The summed E-state index contributed by atoms with van der Waals surface area (Å²) in [6, 6.07) is 22.1. The zero-order valence-corrected chi connectivity index (χ0v) is 19.2. The van der Waals surface area contributed by atoms with Gasteiger partial charge in [0.05, 0.1) is 13.2 Å². The Labute approximate surface area is 189 Å². The van der Waals surface area contributed by atoms with E-state index in [4.69, 9.17) is 4.74 Å². The van der Waals surface area contributed by atoms with Crippen molar-refractivity contribution in [1.82, 2.24) is 0 Å². The number of benzene rings is 3. The molecule has 1 aliphatic heterocycles. The Morgan fingerprint density at radius 3 is 2.09 bits per heavy atom. The van der Waals surface area contributed by atoms with Crippen molar-refractivity contribution >= 4 is 17.4 Å². The minimum Gasteiger partial charge on any atom is -0.497 e. The summed E-state index contributed by atoms with van der Waals surface area (Å²) in [6.45, 7) is 8.07. The van der Waals surface area contributed by atoms with Crippen molar-refractivity contribution in [3.63, 3.8) is 0 Å². The summed E-state index contributed by atoms with van der Waals surface area (Å²) in [4.78, 5) is 17.2. The molecule has 2 amide bonds. The number of hydrogen-bond donors (Lipinski definition) is 1. The predicted molar refractivity (Wildman–Crippen MR) is 128 cm³/mol. The van der Waals surface area contributed by atoms with Crippen LogP contribution in [-0.2, 0) is 5.72 Å². The van der Waals surface area contributed by atoms with Gasteiger partial charge in [-0.15, -0.1) is 0 Å². The second-order valence-electron chi connectivity index (χ2n) is 8.81. The number of aryl methyl sites for hydroxylation is 2. The lowest BCUT2D eigenvalue weighted by atomic mass is 9.86. The van der Waals surface area contributed by atoms with Crippen LogP contribution in [0.25, 0.3) is 0 Å². The highest BCUT2D eigenvalue weighted by Gasteiger charge is 2.59. The molecule has 0 aliphatic carbocycles. The van der Waals surface area contributed by atoms with Gasteiger partial charge in [0, 0.05) is 16.9 Å². The van der Waals surface area contributed by atoms with Crippen LogP contribution in [0.3, 0.4) is 0 Å². The first kappa shape index (κ1) is 21.9. The van der Waals surface area contributed by atoms with E-state index in [0.717, 1.165) is 16.8 Å². The molecular formula is C27H30N2O3. The third kappa shape index (κ3) is 3.53. The lowest BCUT2D eigenvalue weighted by molar-refractivity contribution is 0.0177. The maximum absolute atomic E-state index is 14.0. The molecule has 0 bridgehead atoms. The first-order chi connectivity index (χ1) is 15.3. The van der Waals surface area contributed by atoms with E-state index >= 15 is 0 Å². The number of hydrogen-bond acceptors (Lipinski definition) is 3. The molecule has 1 fully saturated rings. The summed E-state index contributed by atoms with van der Waals surface area (Å²) in [6.07, 6.45) is 0. The van der Waals surface area contributed by atoms with E-state index in [9.17, 15) is 9.90 Å². The minimum absolute atomic E-state index is 0.0259. The van der Waals surface area contributed by atoms with Crippen LogP contribution in [0.2, 0.25) is 0 Å². The Balaban J connectivity index is 1.95. The molecule has 1 heterocycles. The van der Waals surface area contributed by atoms with Crippen LogP contribution in [0.4, 0.5) is 16.2 Å². The van der Waals surface area contributed by atoms with E-state index in [1.165, 1.54) is 4.90 Å². The van der Waals surface area contributed by atoms with Gasteiger partial charge in [0.15, 0.2) is 5.72 Å². The molecule has 0 saturated carbocycles. The monoisotopic (exact) mass is 430 g/mol. The fourth-order valence-corrected chi connectivity index (χ4v) is 4.64. The van der Waals surface area contributed by atoms with Gasteiger partial charge >= 0.3 is 6.03 Å². The summed E-state index contributed by atoms with van der Waals surface area (Å²) in [7, 11) is 1.61. The third-order valence-electron chi connectivity index (χ3n) is 6.15. The number of methoxy groups -OCH3 is 1. The first-order valence-electron chi connectivity index (χ1n) is 10.9. The fourth-order valence-electron chi connectivity index (χ4n) is 4.64. The standard InChI is InChI=1S/C27H30N2O3/c1-18(2)25-27(31,21-8-6-7-20(4)17-21)29(23-11-9-19(3)10-12-23)26(30)28(25)22-13-15-24(32-5)16-14-22/h6-18,25,31H,1-5H3/t25-,27?/m0/s1. The number of carbonyl (C=O) groups is 1. The number of anilines is 2. The quantitative estimate of drug-likeness (QED) is 0.571. The molecule has 1 saturated heterocycles. The molecule has 5 nitrogen and oxygen atoms in total. The molecule has 2 atom stereocenters. The van der Waals surface area contributed by atoms with E-state index in [2.05, 4.69) is 0 Å². The number of carbonyl (C=O) groups excluding carboxylic acids is 1. The SMILES string of the molecule is COc1ccc(N2C(=O)N(c3ccc(C)cc3)C(O)(c3cccc(C)c3)[C@@H]2C(C)C)cc1. The van der Waals surface area contributed by atoms with Crippen molar-refractivity contribution < 1.29 is 14.6 Å². The van der Waals surface area contributed by atoms with Gasteiger partial charge in [0.1, 0.15) is 5.75 Å². The third-order valence-corrected chi connectivity index (χ3v) is 6.15. The summed E-state index contributed by atoms with van der Waals surface area (Å²) in [5.41, 5.74) is 2.64. The van der Waals surface area contributed by atoms with Crippen molar-refractivity contribution in [1.29, 1.82) is 0 Å². The van der Waals surface area contributed by atoms with Crippen molar-refractivity contribution in [2.24, 2.45) is 5.92 Å². The molecule has 0 radical (unpaired) electrons. The van der Waals surface area contributed by atoms with E-state index in [0.29, 0.717) is 17.0 Å². The first-order valence-corrected chi connectivity index (χ1v) is 10.9. The van der Waals surface area contributed by atoms with E-state index < -0.39 is 11.8 Å². The van der Waals surface area contributed by atoms with Crippen molar-refractivity contribution in [3.8, 4) is 5.75 Å². The molecule has 5 heteroatoms. The van der Waals surface area contributed by atoms with Crippen LogP contribution in [0.1, 0.15) is 30.5 Å². The smallest absolute Gasteiger partial charge is 0.332 e. The van der Waals surface area contributed by atoms with Gasteiger partial charge < -0.3 is 9.84 Å². The normalized spacial score (nSPS) is 20.8. The largest absolute Gasteiger partial charge is 0.497 e. The molecule has 1 N–H and O–H groups in total. The van der Waals surface area contributed by atoms with Crippen LogP contribution < -0.4 is 14.5 Å². The Kier molecular flexibility index (Phi) is 5.70. The van der Waals surface area contributed by atoms with Crippen LogP contribution >= 0.6 is 0 Å². The molecule has 0 spiro atoms. The highest BCUT2D eigenvalue weighted by molar-refractivity contribution is 6.08. The van der Waals surface area contributed by atoms with Crippen LogP contribution in [0.5, 0.6) is 5.75 Å². The Bertz CT molecular complexity index is 1110. The molecule has 166 valence electrons. The Morgan fingerprint density at radius 1 is 0.906 bits per heavy atom. The van der Waals surface area contributed by atoms with E-state index in [1.54, 1.807) is 12.0 Å². The second-order valence-corrected chi connectivity index (χ2v) is 8.81. The topological polar surface area (TPSA) is 53.0 Å². The Morgan fingerprint density at radius 2 is 1.53 bits per heavy atom. The van der Waals surface area contributed by atoms with Gasteiger partial charge in [0.2, 0.25) is 0 Å². The lowest BCUT2D eigenvalue weighted by Gasteiger charge is -2.39. The van der Waals surface area contributed by atoms with Gasteiger partial charge in [-0.05, 0) is 56.2 Å². The number of amides is 2. The van der Waals surface area contributed by atoms with Crippen molar-refractivity contribution in [2.45, 2.75) is 39.5 Å². The molecule has 32 heavy (non-hydrogen) atoms. The van der Waals surface area contributed by atoms with Crippen LogP contribution in [-0.4, -0.2) is 24.3 Å². The average molecular weight is 431 g/mol. The number of nitrogens with zero attached hydrogens (tertiary/aromatic N) is 2. The zero-order chi connectivity index (χ0) is 23.0. The summed E-state index contributed by atoms with van der Waals surface area (Å²) in [5.74, 6) is 0.688. The zero-order valence-electron chi connectivity index (χ0n) is 19.2. The number of rotatable bonds is 5. The molecule has 4 rings (SSSR count). The predicted octanol–water partition coefficient (Wildman–Crippen LogP) is 5.63. The fraction of sp³-hybridized carbons (Fsp3) is 0.296. The second kappa shape index (κ2) is 8.32. The molecule has 1 unspecified atom stereocenters. The van der Waals surface area contributed by atoms with E-state index in [1.807, 2.05) is 100 Å². The lowest BCUT2D eigenvalue weighted by Crippen LogP contribution is -2.52. The molecule has 3 aromatic rings. The van der Waals surface area contributed by atoms with Crippen LogP contribution in [0, 0.1) is 19.8 Å². The molecule has 1 aliphatic rings. The minimum atomic E-state index is -1.55. The molecule has 0 aromatic heterocycles. The van der Waals surface area contributed by atoms with Gasteiger partial charge in [0.25, 0.3) is 0 Å². The van der Waals surface area contributed by atoms with E-state index in [-0.39, 0.29) is 11.9 Å². The Hall–Kier alpha value is -3.31. The summed E-state index contributed by atoms with van der Waals surface area (Å²) >= 11 is 0. The number of ether oxygens (including phenoxy) is 1. The van der Waals surface area contributed by atoms with Gasteiger partial charge in [-0.3, -0.25) is 9.80 Å². The molecular weight excluding hydrogens is 400 g/mol. The van der Waals surface area contributed by atoms with Gasteiger partial charge in [-0.2, -0.15) is 0 Å².